The van der Waals surface area contributed by atoms with E-state index in [0.29, 0.717) is 0 Å². The molecule has 2 saturated heterocycles. The van der Waals surface area contributed by atoms with Gasteiger partial charge in [0, 0.05) is 0 Å². The minimum Gasteiger partial charge on any atom is -0.471 e. The minimum atomic E-state index is -0.275. The monoisotopic (exact) mass is 129 g/mol. The molecular formula is C5H7NO3. The Morgan fingerprint density at radius 1 is 1.67 bits per heavy atom. The van der Waals surface area contributed by atoms with E-state index in [4.69, 9.17) is 20.0 Å². The first kappa shape index (κ1) is 5.20. The molecule has 0 radical (unpaired) electrons. The Morgan fingerprint density at radius 3 is 2.67 bits per heavy atom. The molecule has 0 saturated carbocycles. The SMILES string of the molecule is N=C1O[C@@H](CO)C2OC12. The van der Waals surface area contributed by atoms with Gasteiger partial charge in [0.1, 0.15) is 6.10 Å². The molecular weight excluding hydrogens is 122 g/mol. The highest BCUT2D eigenvalue weighted by Crippen LogP contribution is 2.34. The summed E-state index contributed by atoms with van der Waals surface area (Å²) in [5.74, 6) is 0.166. The predicted molar refractivity (Wildman–Crippen MR) is 28.3 cm³/mol. The number of aliphatic hydroxyl groups is 1. The number of rotatable bonds is 1. The van der Waals surface area contributed by atoms with Crippen LogP contribution in [0.4, 0.5) is 0 Å². The van der Waals surface area contributed by atoms with E-state index in [9.17, 15) is 0 Å². The molecule has 2 rings (SSSR count). The van der Waals surface area contributed by atoms with Gasteiger partial charge in [-0.25, -0.2) is 0 Å². The molecule has 0 aliphatic carbocycles. The smallest absolute Gasteiger partial charge is 0.213 e. The van der Waals surface area contributed by atoms with Crippen molar-refractivity contribution in [3.05, 3.63) is 0 Å². The van der Waals surface area contributed by atoms with Gasteiger partial charge in [-0.2, -0.15) is 0 Å². The summed E-state index contributed by atoms with van der Waals surface area (Å²) in [6.07, 6.45) is -0.438. The zero-order valence-corrected chi connectivity index (χ0v) is 4.70. The normalized spacial score (nSPS) is 46.3. The second-order valence-electron chi connectivity index (χ2n) is 2.22. The molecule has 2 aliphatic rings. The van der Waals surface area contributed by atoms with Gasteiger partial charge in [0.05, 0.1) is 6.61 Å². The molecule has 0 aromatic rings. The Bertz CT molecular complexity index is 158. The van der Waals surface area contributed by atoms with Crippen LogP contribution in [0, 0.1) is 5.41 Å². The first-order valence-corrected chi connectivity index (χ1v) is 2.84. The lowest BCUT2D eigenvalue weighted by molar-refractivity contribution is 0.0758. The maximum absolute atomic E-state index is 8.58. The highest BCUT2D eigenvalue weighted by molar-refractivity contribution is 5.83. The van der Waals surface area contributed by atoms with E-state index in [-0.39, 0.29) is 30.8 Å². The standard InChI is InChI=1S/C5H7NO3/c6-5-4-3(9-4)2(1-7)8-5/h2-4,6-7H,1H2/t2-,3?,4?/m0/s1. The molecule has 0 spiro atoms. The van der Waals surface area contributed by atoms with Gasteiger partial charge in [0.2, 0.25) is 5.90 Å². The van der Waals surface area contributed by atoms with Crippen molar-refractivity contribution < 1.29 is 14.6 Å². The van der Waals surface area contributed by atoms with E-state index in [1.807, 2.05) is 0 Å². The zero-order valence-electron chi connectivity index (χ0n) is 4.70. The van der Waals surface area contributed by atoms with Gasteiger partial charge >= 0.3 is 0 Å². The molecule has 2 N–H and O–H groups in total. The Kier molecular flexibility index (Phi) is 0.841. The molecule has 4 nitrogen and oxygen atoms in total. The van der Waals surface area contributed by atoms with Crippen molar-refractivity contribution in [2.75, 3.05) is 6.61 Å². The van der Waals surface area contributed by atoms with E-state index < -0.39 is 0 Å². The molecule has 4 heteroatoms. The molecule has 0 bridgehead atoms. The maximum Gasteiger partial charge on any atom is 0.213 e. The molecule has 2 fully saturated rings. The third-order valence-corrected chi connectivity index (χ3v) is 1.61. The van der Waals surface area contributed by atoms with Crippen molar-refractivity contribution in [3.63, 3.8) is 0 Å². The summed E-state index contributed by atoms with van der Waals surface area (Å²) >= 11 is 0. The Morgan fingerprint density at radius 2 is 2.44 bits per heavy atom. The molecule has 0 amide bonds. The maximum atomic E-state index is 8.58. The van der Waals surface area contributed by atoms with Crippen molar-refractivity contribution >= 4 is 5.90 Å². The van der Waals surface area contributed by atoms with Crippen LogP contribution in [0.25, 0.3) is 0 Å². The molecule has 2 unspecified atom stereocenters. The number of hydrogen-bond acceptors (Lipinski definition) is 4. The Balaban J connectivity index is 2.08. The van der Waals surface area contributed by atoms with Gasteiger partial charge in [-0.3, -0.25) is 5.41 Å². The number of hydrogen-bond donors (Lipinski definition) is 2. The number of nitrogens with one attached hydrogen (secondary N) is 1. The van der Waals surface area contributed by atoms with Gasteiger partial charge < -0.3 is 14.6 Å². The molecule has 9 heavy (non-hydrogen) atoms. The number of aliphatic hydroxyl groups excluding tert-OH is 1. The Hall–Kier alpha value is -0.610. The van der Waals surface area contributed by atoms with Gasteiger partial charge in [0.25, 0.3) is 0 Å². The minimum absolute atomic E-state index is 0.0255. The lowest BCUT2D eigenvalue weighted by Crippen LogP contribution is -2.19. The summed E-state index contributed by atoms with van der Waals surface area (Å²) < 4.78 is 9.84. The van der Waals surface area contributed by atoms with Gasteiger partial charge in [-0.05, 0) is 0 Å². The quantitative estimate of drug-likeness (QED) is 0.452. The predicted octanol–water partition coefficient (Wildman–Crippen LogP) is -0.878. The fourth-order valence-corrected chi connectivity index (χ4v) is 1.06. The summed E-state index contributed by atoms with van der Waals surface area (Å²) in [4.78, 5) is 0. The molecule has 2 heterocycles. The van der Waals surface area contributed by atoms with Crippen molar-refractivity contribution in [2.45, 2.75) is 18.3 Å². The average Bonchev–Trinajstić information content (AvgIpc) is 2.56. The lowest BCUT2D eigenvalue weighted by Gasteiger charge is -2.07. The van der Waals surface area contributed by atoms with Crippen LogP contribution >= 0.6 is 0 Å². The van der Waals surface area contributed by atoms with E-state index in [1.54, 1.807) is 0 Å². The number of ether oxygens (including phenoxy) is 2. The van der Waals surface area contributed by atoms with Crippen LogP contribution in [0.5, 0.6) is 0 Å². The van der Waals surface area contributed by atoms with E-state index >= 15 is 0 Å². The fourth-order valence-electron chi connectivity index (χ4n) is 1.06. The van der Waals surface area contributed by atoms with Gasteiger partial charge in [0.15, 0.2) is 12.2 Å². The highest BCUT2D eigenvalue weighted by Gasteiger charge is 2.56. The highest BCUT2D eigenvalue weighted by atomic mass is 16.7. The van der Waals surface area contributed by atoms with Crippen LogP contribution < -0.4 is 0 Å². The second-order valence-corrected chi connectivity index (χ2v) is 2.22. The summed E-state index contributed by atoms with van der Waals surface area (Å²) in [5, 5.41) is 15.7. The first-order valence-electron chi connectivity index (χ1n) is 2.84. The van der Waals surface area contributed by atoms with Crippen LogP contribution in [0.2, 0.25) is 0 Å². The van der Waals surface area contributed by atoms with Crippen LogP contribution in [0.1, 0.15) is 0 Å². The third kappa shape index (κ3) is 0.571. The summed E-state index contributed by atoms with van der Waals surface area (Å²) in [6, 6.07) is 0. The third-order valence-electron chi connectivity index (χ3n) is 1.61. The van der Waals surface area contributed by atoms with Crippen LogP contribution in [-0.2, 0) is 9.47 Å². The molecule has 50 valence electrons. The van der Waals surface area contributed by atoms with Crippen molar-refractivity contribution in [3.8, 4) is 0 Å². The molecule has 0 aromatic heterocycles. The Labute approximate surface area is 51.9 Å². The van der Waals surface area contributed by atoms with Crippen molar-refractivity contribution in [1.82, 2.24) is 0 Å². The number of fused-ring (bicyclic) bond motifs is 1. The summed E-state index contributed by atoms with van der Waals surface area (Å²) in [7, 11) is 0. The average molecular weight is 129 g/mol. The second kappa shape index (κ2) is 1.46. The summed E-state index contributed by atoms with van der Waals surface area (Å²) in [6.45, 7) is -0.0520. The van der Waals surface area contributed by atoms with E-state index in [2.05, 4.69) is 0 Å². The van der Waals surface area contributed by atoms with Crippen LogP contribution in [0.15, 0.2) is 0 Å². The largest absolute Gasteiger partial charge is 0.471 e. The molecule has 0 aromatic carbocycles. The van der Waals surface area contributed by atoms with E-state index in [1.165, 1.54) is 0 Å². The van der Waals surface area contributed by atoms with E-state index in [0.717, 1.165) is 0 Å². The van der Waals surface area contributed by atoms with Crippen LogP contribution in [0.3, 0.4) is 0 Å². The zero-order chi connectivity index (χ0) is 6.43. The fraction of sp³-hybridized carbons (Fsp3) is 0.800. The first-order chi connectivity index (χ1) is 4.33. The van der Waals surface area contributed by atoms with Crippen LogP contribution in [-0.4, -0.2) is 35.9 Å². The van der Waals surface area contributed by atoms with Gasteiger partial charge in [-0.1, -0.05) is 0 Å². The van der Waals surface area contributed by atoms with Gasteiger partial charge in [-0.15, -0.1) is 0 Å². The topological polar surface area (TPSA) is 65.8 Å². The number of epoxide rings is 1. The lowest BCUT2D eigenvalue weighted by atomic mass is 10.2. The van der Waals surface area contributed by atoms with Crippen molar-refractivity contribution in [1.29, 1.82) is 5.41 Å². The summed E-state index contributed by atoms with van der Waals surface area (Å²) in [5.41, 5.74) is 0. The molecule has 2 aliphatic heterocycles. The molecule has 3 atom stereocenters. The van der Waals surface area contributed by atoms with Crippen molar-refractivity contribution in [2.24, 2.45) is 0 Å².